The zero-order valence-electron chi connectivity index (χ0n) is 15.7. The standard InChI is InChI=1S/C19H23N3O5/c1-13(23)21-6-8-22(9-7-21)19(24)12-15-11-17(27-20-15)14-4-5-16(25-2)18(10-14)26-3/h4-5,10-11H,6-9,12H2,1-3H3. The van der Waals surface area contributed by atoms with Crippen LogP contribution in [0.5, 0.6) is 11.5 Å². The fourth-order valence-electron chi connectivity index (χ4n) is 3.06. The summed E-state index contributed by atoms with van der Waals surface area (Å²) < 4.78 is 15.9. The predicted molar refractivity (Wildman–Crippen MR) is 97.6 cm³/mol. The average molecular weight is 373 g/mol. The smallest absolute Gasteiger partial charge is 0.228 e. The van der Waals surface area contributed by atoms with Gasteiger partial charge < -0.3 is 23.8 Å². The minimum Gasteiger partial charge on any atom is -0.493 e. The van der Waals surface area contributed by atoms with E-state index in [4.69, 9.17) is 14.0 Å². The third-order valence-corrected chi connectivity index (χ3v) is 4.64. The summed E-state index contributed by atoms with van der Waals surface area (Å²) in [7, 11) is 3.14. The molecule has 27 heavy (non-hydrogen) atoms. The molecule has 1 saturated heterocycles. The van der Waals surface area contributed by atoms with Gasteiger partial charge in [-0.1, -0.05) is 5.16 Å². The Balaban J connectivity index is 1.64. The first-order valence-corrected chi connectivity index (χ1v) is 8.73. The van der Waals surface area contributed by atoms with Gasteiger partial charge in [-0.3, -0.25) is 9.59 Å². The van der Waals surface area contributed by atoms with Crippen molar-refractivity contribution in [3.05, 3.63) is 30.0 Å². The first-order valence-electron chi connectivity index (χ1n) is 8.73. The second-order valence-corrected chi connectivity index (χ2v) is 6.32. The lowest BCUT2D eigenvalue weighted by atomic mass is 10.1. The van der Waals surface area contributed by atoms with E-state index in [9.17, 15) is 9.59 Å². The normalized spacial score (nSPS) is 14.2. The first-order chi connectivity index (χ1) is 13.0. The van der Waals surface area contributed by atoms with Crippen LogP contribution >= 0.6 is 0 Å². The molecule has 144 valence electrons. The van der Waals surface area contributed by atoms with Crippen LogP contribution in [0, 0.1) is 0 Å². The third-order valence-electron chi connectivity index (χ3n) is 4.64. The van der Waals surface area contributed by atoms with Crippen molar-refractivity contribution in [1.82, 2.24) is 15.0 Å². The number of aromatic nitrogens is 1. The molecule has 2 aromatic rings. The lowest BCUT2D eigenvalue weighted by Crippen LogP contribution is -2.50. The Morgan fingerprint density at radius 3 is 2.33 bits per heavy atom. The maximum atomic E-state index is 12.5. The molecule has 2 amide bonds. The molecular weight excluding hydrogens is 350 g/mol. The van der Waals surface area contributed by atoms with Crippen molar-refractivity contribution in [2.75, 3.05) is 40.4 Å². The third kappa shape index (κ3) is 4.21. The predicted octanol–water partition coefficient (Wildman–Crippen LogP) is 1.59. The largest absolute Gasteiger partial charge is 0.493 e. The monoisotopic (exact) mass is 373 g/mol. The molecule has 3 rings (SSSR count). The van der Waals surface area contributed by atoms with Gasteiger partial charge in [-0.25, -0.2) is 0 Å². The number of rotatable bonds is 5. The molecule has 1 aromatic heterocycles. The van der Waals surface area contributed by atoms with Gasteiger partial charge in [0, 0.05) is 44.7 Å². The SMILES string of the molecule is COc1ccc(-c2cc(CC(=O)N3CCN(C(C)=O)CC3)no2)cc1OC. The first kappa shape index (κ1) is 18.8. The molecular formula is C19H23N3O5. The van der Waals surface area contributed by atoms with Crippen molar-refractivity contribution in [2.45, 2.75) is 13.3 Å². The highest BCUT2D eigenvalue weighted by molar-refractivity contribution is 5.79. The Labute approximate surface area is 157 Å². The van der Waals surface area contributed by atoms with Gasteiger partial charge in [0.2, 0.25) is 11.8 Å². The molecule has 0 saturated carbocycles. The minimum absolute atomic E-state index is 0.0228. The number of benzene rings is 1. The van der Waals surface area contributed by atoms with Crippen LogP contribution in [0.1, 0.15) is 12.6 Å². The lowest BCUT2D eigenvalue weighted by molar-refractivity contribution is -0.138. The Morgan fingerprint density at radius 1 is 1.04 bits per heavy atom. The average Bonchev–Trinajstić information content (AvgIpc) is 3.15. The summed E-state index contributed by atoms with van der Waals surface area (Å²) in [4.78, 5) is 27.4. The number of methoxy groups -OCH3 is 2. The molecule has 2 heterocycles. The van der Waals surface area contributed by atoms with Crippen LogP contribution in [0.2, 0.25) is 0 Å². The second-order valence-electron chi connectivity index (χ2n) is 6.32. The maximum absolute atomic E-state index is 12.5. The van der Waals surface area contributed by atoms with Crippen LogP contribution in [-0.4, -0.2) is 67.2 Å². The van der Waals surface area contributed by atoms with Crippen molar-refractivity contribution < 1.29 is 23.6 Å². The molecule has 8 heteroatoms. The van der Waals surface area contributed by atoms with Gasteiger partial charge >= 0.3 is 0 Å². The lowest BCUT2D eigenvalue weighted by Gasteiger charge is -2.34. The summed E-state index contributed by atoms with van der Waals surface area (Å²) >= 11 is 0. The Bertz CT molecular complexity index is 825. The molecule has 1 fully saturated rings. The maximum Gasteiger partial charge on any atom is 0.228 e. The van der Waals surface area contributed by atoms with Crippen LogP contribution in [-0.2, 0) is 16.0 Å². The van der Waals surface area contributed by atoms with E-state index in [-0.39, 0.29) is 18.2 Å². The van der Waals surface area contributed by atoms with E-state index in [1.807, 2.05) is 6.07 Å². The van der Waals surface area contributed by atoms with Gasteiger partial charge in [0.05, 0.1) is 26.3 Å². The minimum atomic E-state index is -0.0228. The van der Waals surface area contributed by atoms with E-state index < -0.39 is 0 Å². The van der Waals surface area contributed by atoms with Crippen LogP contribution in [0.15, 0.2) is 28.8 Å². The molecule has 0 radical (unpaired) electrons. The van der Waals surface area contributed by atoms with E-state index in [0.29, 0.717) is 49.1 Å². The van der Waals surface area contributed by atoms with Gasteiger partial charge in [0.15, 0.2) is 17.3 Å². The van der Waals surface area contributed by atoms with Crippen molar-refractivity contribution in [2.24, 2.45) is 0 Å². The van der Waals surface area contributed by atoms with Crippen molar-refractivity contribution in [1.29, 1.82) is 0 Å². The summed E-state index contributed by atoms with van der Waals surface area (Å²) in [6, 6.07) is 7.18. The summed E-state index contributed by atoms with van der Waals surface area (Å²) in [5, 5.41) is 4.01. The van der Waals surface area contributed by atoms with Crippen LogP contribution in [0.4, 0.5) is 0 Å². The number of hydrogen-bond donors (Lipinski definition) is 0. The Morgan fingerprint density at radius 2 is 1.70 bits per heavy atom. The zero-order valence-corrected chi connectivity index (χ0v) is 15.7. The van der Waals surface area contributed by atoms with Gasteiger partial charge in [0.25, 0.3) is 0 Å². The van der Waals surface area contributed by atoms with Gasteiger partial charge in [-0.15, -0.1) is 0 Å². The molecule has 0 atom stereocenters. The van der Waals surface area contributed by atoms with E-state index in [1.54, 1.807) is 49.1 Å². The van der Waals surface area contributed by atoms with Crippen LogP contribution < -0.4 is 9.47 Å². The van der Waals surface area contributed by atoms with Crippen molar-refractivity contribution in [3.8, 4) is 22.8 Å². The fraction of sp³-hybridized carbons (Fsp3) is 0.421. The van der Waals surface area contributed by atoms with Crippen LogP contribution in [0.25, 0.3) is 11.3 Å². The number of ether oxygens (including phenoxy) is 2. The number of nitrogens with zero attached hydrogens (tertiary/aromatic N) is 3. The second kappa shape index (κ2) is 8.11. The number of carbonyl (C=O) groups is 2. The summed E-state index contributed by atoms with van der Waals surface area (Å²) in [5.41, 5.74) is 1.35. The van der Waals surface area contributed by atoms with Gasteiger partial charge in [-0.05, 0) is 18.2 Å². The molecule has 0 N–H and O–H groups in total. The van der Waals surface area contributed by atoms with Crippen LogP contribution in [0.3, 0.4) is 0 Å². The highest BCUT2D eigenvalue weighted by Gasteiger charge is 2.23. The molecule has 0 unspecified atom stereocenters. The van der Waals surface area contributed by atoms with Crippen molar-refractivity contribution in [3.63, 3.8) is 0 Å². The molecule has 1 aliphatic rings. The molecule has 8 nitrogen and oxygen atoms in total. The fourth-order valence-corrected chi connectivity index (χ4v) is 3.06. The van der Waals surface area contributed by atoms with E-state index in [1.165, 1.54) is 0 Å². The topological polar surface area (TPSA) is 85.1 Å². The highest BCUT2D eigenvalue weighted by Crippen LogP contribution is 2.32. The molecule has 1 aliphatic heterocycles. The molecule has 0 aliphatic carbocycles. The quantitative estimate of drug-likeness (QED) is 0.791. The van der Waals surface area contributed by atoms with Crippen molar-refractivity contribution >= 4 is 11.8 Å². The molecule has 0 spiro atoms. The van der Waals surface area contributed by atoms with E-state index in [0.717, 1.165) is 5.56 Å². The zero-order chi connectivity index (χ0) is 19.4. The van der Waals surface area contributed by atoms with Gasteiger partial charge in [0.1, 0.15) is 0 Å². The number of hydrogen-bond acceptors (Lipinski definition) is 6. The highest BCUT2D eigenvalue weighted by atomic mass is 16.5. The summed E-state index contributed by atoms with van der Waals surface area (Å²) in [5.74, 6) is 1.79. The van der Waals surface area contributed by atoms with Gasteiger partial charge in [-0.2, -0.15) is 0 Å². The molecule has 1 aromatic carbocycles. The van der Waals surface area contributed by atoms with E-state index in [2.05, 4.69) is 5.16 Å². The molecule has 0 bridgehead atoms. The Kier molecular flexibility index (Phi) is 5.63. The summed E-state index contributed by atoms with van der Waals surface area (Å²) in [6.45, 7) is 3.76. The number of amides is 2. The summed E-state index contributed by atoms with van der Waals surface area (Å²) in [6.07, 6.45) is 0.164. The number of piperazine rings is 1. The van der Waals surface area contributed by atoms with E-state index >= 15 is 0 Å². The number of carbonyl (C=O) groups excluding carboxylic acids is 2. The Hall–Kier alpha value is -3.03.